The van der Waals surface area contributed by atoms with E-state index < -0.39 is 17.5 Å². The first kappa shape index (κ1) is 13.4. The summed E-state index contributed by atoms with van der Waals surface area (Å²) in [6.45, 7) is 0. The summed E-state index contributed by atoms with van der Waals surface area (Å²) in [7, 11) is 0. The van der Waals surface area contributed by atoms with Gasteiger partial charge in [0.2, 0.25) is 0 Å². The first-order valence-corrected chi connectivity index (χ1v) is 6.47. The largest absolute Gasteiger partial charge is 0.367 e. The zero-order valence-electron chi connectivity index (χ0n) is 10.9. The van der Waals surface area contributed by atoms with E-state index in [-0.39, 0.29) is 11.4 Å². The van der Waals surface area contributed by atoms with Crippen LogP contribution in [0.4, 0.5) is 20.3 Å². The van der Waals surface area contributed by atoms with E-state index >= 15 is 0 Å². The van der Waals surface area contributed by atoms with Gasteiger partial charge in [-0.2, -0.15) is 0 Å². The molecule has 0 atom stereocenters. The third-order valence-corrected chi connectivity index (χ3v) is 3.01. The Balaban J connectivity index is 1.75. The van der Waals surface area contributed by atoms with Crippen LogP contribution >= 0.6 is 0 Å². The van der Waals surface area contributed by atoms with Crippen molar-refractivity contribution < 1.29 is 13.6 Å². The molecule has 1 amide bonds. The highest BCUT2D eigenvalue weighted by Gasteiger charge is 2.22. The van der Waals surface area contributed by atoms with Crippen molar-refractivity contribution >= 4 is 17.4 Å². The highest BCUT2D eigenvalue weighted by molar-refractivity contribution is 6.03. The molecule has 0 bridgehead atoms. The fourth-order valence-corrected chi connectivity index (χ4v) is 1.77. The highest BCUT2D eigenvalue weighted by Crippen LogP contribution is 2.23. The number of benzene rings is 1. The summed E-state index contributed by atoms with van der Waals surface area (Å²) < 4.78 is 26.3. The van der Waals surface area contributed by atoms with Crippen LogP contribution in [0.5, 0.6) is 0 Å². The third kappa shape index (κ3) is 3.31. The van der Waals surface area contributed by atoms with Gasteiger partial charge in [-0.15, -0.1) is 0 Å². The third-order valence-electron chi connectivity index (χ3n) is 3.01. The Morgan fingerprint density at radius 2 is 2.00 bits per heavy atom. The molecule has 108 valence electrons. The second-order valence-electron chi connectivity index (χ2n) is 4.79. The molecule has 5 nitrogen and oxygen atoms in total. The van der Waals surface area contributed by atoms with Gasteiger partial charge in [-0.3, -0.25) is 4.79 Å². The molecule has 2 N–H and O–H groups in total. The summed E-state index contributed by atoms with van der Waals surface area (Å²) in [5, 5.41) is 5.49. The van der Waals surface area contributed by atoms with E-state index in [1.807, 2.05) is 0 Å². The maximum Gasteiger partial charge on any atom is 0.274 e. The van der Waals surface area contributed by atoms with Gasteiger partial charge in [-0.05, 0) is 25.0 Å². The van der Waals surface area contributed by atoms with Gasteiger partial charge in [-0.1, -0.05) is 0 Å². The van der Waals surface area contributed by atoms with Crippen LogP contribution in [0.3, 0.4) is 0 Å². The predicted octanol–water partition coefficient (Wildman–Crippen LogP) is 2.58. The van der Waals surface area contributed by atoms with Crippen LogP contribution in [0.25, 0.3) is 0 Å². The SMILES string of the molecule is O=C(Nc1ccc(F)cc1F)c1cc(NC2CC2)ncn1. The summed E-state index contributed by atoms with van der Waals surface area (Å²) in [6.07, 6.45) is 3.42. The summed E-state index contributed by atoms with van der Waals surface area (Å²) in [6, 6.07) is 4.82. The number of carbonyl (C=O) groups is 1. The van der Waals surface area contributed by atoms with Gasteiger partial charge in [0.1, 0.15) is 29.5 Å². The minimum absolute atomic E-state index is 0.100. The number of amides is 1. The van der Waals surface area contributed by atoms with Crippen molar-refractivity contribution in [3.05, 3.63) is 47.9 Å². The van der Waals surface area contributed by atoms with Crippen LogP contribution in [0, 0.1) is 11.6 Å². The second kappa shape index (κ2) is 5.43. The molecular formula is C14H12F2N4O. The lowest BCUT2D eigenvalue weighted by Gasteiger charge is -2.07. The van der Waals surface area contributed by atoms with E-state index in [2.05, 4.69) is 20.6 Å². The molecule has 1 heterocycles. The molecule has 3 rings (SSSR count). The molecule has 1 aliphatic rings. The molecule has 2 aromatic rings. The summed E-state index contributed by atoms with van der Waals surface area (Å²) in [5.41, 5.74) is 0.00795. The minimum Gasteiger partial charge on any atom is -0.367 e. The van der Waals surface area contributed by atoms with Crippen molar-refractivity contribution in [2.24, 2.45) is 0 Å². The van der Waals surface area contributed by atoms with Crippen molar-refractivity contribution in [2.45, 2.75) is 18.9 Å². The smallest absolute Gasteiger partial charge is 0.274 e. The maximum absolute atomic E-state index is 13.5. The van der Waals surface area contributed by atoms with Gasteiger partial charge in [0, 0.05) is 18.2 Å². The molecule has 1 saturated carbocycles. The van der Waals surface area contributed by atoms with Gasteiger partial charge in [0.25, 0.3) is 5.91 Å². The molecule has 0 unspecified atom stereocenters. The lowest BCUT2D eigenvalue weighted by Crippen LogP contribution is -2.16. The van der Waals surface area contributed by atoms with Crippen molar-refractivity contribution in [3.63, 3.8) is 0 Å². The number of carbonyl (C=O) groups excluding carboxylic acids is 1. The highest BCUT2D eigenvalue weighted by atomic mass is 19.1. The van der Waals surface area contributed by atoms with Crippen LogP contribution < -0.4 is 10.6 Å². The molecule has 1 aromatic carbocycles. The average molecular weight is 290 g/mol. The number of anilines is 2. The van der Waals surface area contributed by atoms with Crippen molar-refractivity contribution in [1.29, 1.82) is 0 Å². The van der Waals surface area contributed by atoms with Crippen molar-refractivity contribution in [3.8, 4) is 0 Å². The van der Waals surface area contributed by atoms with E-state index in [9.17, 15) is 13.6 Å². The fourth-order valence-electron chi connectivity index (χ4n) is 1.77. The molecule has 0 radical (unpaired) electrons. The molecule has 0 saturated heterocycles. The standard InChI is InChI=1S/C14H12F2N4O/c15-8-1-4-11(10(16)5-8)20-14(21)12-6-13(18-7-17-12)19-9-2-3-9/h1,4-7,9H,2-3H2,(H,20,21)(H,17,18,19). The quantitative estimate of drug-likeness (QED) is 0.908. The second-order valence-corrected chi connectivity index (χ2v) is 4.79. The zero-order chi connectivity index (χ0) is 14.8. The van der Waals surface area contributed by atoms with E-state index in [4.69, 9.17) is 0 Å². The van der Waals surface area contributed by atoms with Gasteiger partial charge < -0.3 is 10.6 Å². The maximum atomic E-state index is 13.5. The Morgan fingerprint density at radius 1 is 1.19 bits per heavy atom. The van der Waals surface area contributed by atoms with Crippen molar-refractivity contribution in [1.82, 2.24) is 9.97 Å². The monoisotopic (exact) mass is 290 g/mol. The minimum atomic E-state index is -0.839. The number of hydrogen-bond donors (Lipinski definition) is 2. The number of aromatic nitrogens is 2. The van der Waals surface area contributed by atoms with Crippen LogP contribution in [-0.2, 0) is 0 Å². The first-order chi connectivity index (χ1) is 10.1. The molecule has 0 spiro atoms. The zero-order valence-corrected chi connectivity index (χ0v) is 10.9. The van der Waals surface area contributed by atoms with Crippen LogP contribution in [0.2, 0.25) is 0 Å². The van der Waals surface area contributed by atoms with E-state index in [1.54, 1.807) is 0 Å². The molecule has 1 aromatic heterocycles. The number of rotatable bonds is 4. The fraction of sp³-hybridized carbons (Fsp3) is 0.214. The Morgan fingerprint density at radius 3 is 2.71 bits per heavy atom. The Bertz CT molecular complexity index is 688. The van der Waals surface area contributed by atoms with Gasteiger partial charge >= 0.3 is 0 Å². The number of hydrogen-bond acceptors (Lipinski definition) is 4. The van der Waals surface area contributed by atoms with E-state index in [0.29, 0.717) is 17.9 Å². The molecule has 21 heavy (non-hydrogen) atoms. The molecular weight excluding hydrogens is 278 g/mol. The molecule has 0 aliphatic heterocycles. The molecule has 1 fully saturated rings. The van der Waals surface area contributed by atoms with Gasteiger partial charge in [-0.25, -0.2) is 18.7 Å². The van der Waals surface area contributed by atoms with Crippen molar-refractivity contribution in [2.75, 3.05) is 10.6 Å². The molecule has 7 heteroatoms. The van der Waals surface area contributed by atoms with E-state index in [0.717, 1.165) is 25.0 Å². The van der Waals surface area contributed by atoms with E-state index in [1.165, 1.54) is 12.4 Å². The van der Waals surface area contributed by atoms with Gasteiger partial charge in [0.05, 0.1) is 5.69 Å². The Kier molecular flexibility index (Phi) is 3.47. The number of nitrogens with one attached hydrogen (secondary N) is 2. The van der Waals surface area contributed by atoms with Crippen LogP contribution in [-0.4, -0.2) is 21.9 Å². The predicted molar refractivity (Wildman–Crippen MR) is 73.0 cm³/mol. The summed E-state index contributed by atoms with van der Waals surface area (Å²) in [5.74, 6) is -1.57. The Hall–Kier alpha value is -2.57. The van der Waals surface area contributed by atoms with Gasteiger partial charge in [0.15, 0.2) is 0 Å². The van der Waals surface area contributed by atoms with Crippen LogP contribution in [0.1, 0.15) is 23.3 Å². The van der Waals surface area contributed by atoms with Crippen LogP contribution in [0.15, 0.2) is 30.6 Å². The number of nitrogens with zero attached hydrogens (tertiary/aromatic N) is 2. The lowest BCUT2D eigenvalue weighted by atomic mass is 10.2. The summed E-state index contributed by atoms with van der Waals surface area (Å²) in [4.78, 5) is 19.9. The number of halogens is 2. The summed E-state index contributed by atoms with van der Waals surface area (Å²) >= 11 is 0. The first-order valence-electron chi connectivity index (χ1n) is 6.47. The topological polar surface area (TPSA) is 66.9 Å². The molecule has 1 aliphatic carbocycles. The average Bonchev–Trinajstić information content (AvgIpc) is 3.26. The Labute approximate surface area is 119 Å². The normalized spacial score (nSPS) is 13.8. The lowest BCUT2D eigenvalue weighted by molar-refractivity contribution is 0.102.